The first kappa shape index (κ1) is 14.7. The number of amides is 1. The zero-order valence-electron chi connectivity index (χ0n) is 10.5. The van der Waals surface area contributed by atoms with Gasteiger partial charge < -0.3 is 15.2 Å². The molecule has 0 aliphatic heterocycles. The van der Waals surface area contributed by atoms with Crippen molar-refractivity contribution in [3.63, 3.8) is 0 Å². The molecule has 0 saturated carbocycles. The number of hydrogen-bond donors (Lipinski definition) is 2. The molecule has 1 rings (SSSR count). The molecule has 1 atom stereocenters. The Labute approximate surface area is 110 Å². The molecule has 6 heteroatoms. The summed E-state index contributed by atoms with van der Waals surface area (Å²) in [5.74, 6) is -2.34. The highest BCUT2D eigenvalue weighted by Crippen LogP contribution is 1.99. The van der Waals surface area contributed by atoms with Crippen LogP contribution in [0.15, 0.2) is 30.3 Å². The van der Waals surface area contributed by atoms with Crippen LogP contribution in [-0.2, 0) is 25.5 Å². The first-order valence-electron chi connectivity index (χ1n) is 5.72. The van der Waals surface area contributed by atoms with Gasteiger partial charge >= 0.3 is 11.9 Å². The van der Waals surface area contributed by atoms with Crippen molar-refractivity contribution in [3.8, 4) is 0 Å². The first-order valence-corrected chi connectivity index (χ1v) is 5.72. The number of aliphatic carboxylic acids is 1. The summed E-state index contributed by atoms with van der Waals surface area (Å²) >= 11 is 0. The Balaban J connectivity index is 2.30. The fraction of sp³-hybridized carbons (Fsp3) is 0.308. The van der Waals surface area contributed by atoms with Gasteiger partial charge in [-0.3, -0.25) is 9.59 Å². The highest BCUT2D eigenvalue weighted by molar-refractivity contribution is 5.84. The maximum atomic E-state index is 11.5. The molecule has 0 fully saturated rings. The Bertz CT molecular complexity index is 457. The first-order chi connectivity index (χ1) is 8.99. The number of esters is 1. The SMILES string of the molecule is C[C@@H](OC(=O)CNC(=O)Cc1ccccc1)C(=O)O. The average molecular weight is 265 g/mol. The number of benzene rings is 1. The molecule has 1 aromatic rings. The van der Waals surface area contributed by atoms with E-state index in [1.54, 1.807) is 12.1 Å². The van der Waals surface area contributed by atoms with Crippen molar-refractivity contribution in [1.82, 2.24) is 5.32 Å². The number of carboxylic acids is 1. The largest absolute Gasteiger partial charge is 0.479 e. The van der Waals surface area contributed by atoms with Crippen LogP contribution in [0.3, 0.4) is 0 Å². The zero-order chi connectivity index (χ0) is 14.3. The van der Waals surface area contributed by atoms with Crippen molar-refractivity contribution in [2.75, 3.05) is 6.54 Å². The average Bonchev–Trinajstić information content (AvgIpc) is 2.37. The molecule has 1 amide bonds. The molecular weight excluding hydrogens is 250 g/mol. The van der Waals surface area contributed by atoms with Crippen molar-refractivity contribution in [2.24, 2.45) is 0 Å². The number of carboxylic acid groups (broad SMARTS) is 1. The Hall–Kier alpha value is -2.37. The molecule has 1 aromatic carbocycles. The van der Waals surface area contributed by atoms with E-state index in [0.29, 0.717) is 0 Å². The second-order valence-corrected chi connectivity index (χ2v) is 3.91. The molecule has 0 aliphatic carbocycles. The van der Waals surface area contributed by atoms with Crippen molar-refractivity contribution in [3.05, 3.63) is 35.9 Å². The minimum absolute atomic E-state index is 0.155. The predicted molar refractivity (Wildman–Crippen MR) is 66.3 cm³/mol. The predicted octanol–water partition coefficient (Wildman–Crippen LogP) is 0.362. The van der Waals surface area contributed by atoms with Crippen molar-refractivity contribution < 1.29 is 24.2 Å². The van der Waals surface area contributed by atoms with Crippen LogP contribution >= 0.6 is 0 Å². The molecule has 0 heterocycles. The summed E-state index contributed by atoms with van der Waals surface area (Å²) in [6, 6.07) is 9.05. The van der Waals surface area contributed by atoms with Crippen LogP contribution in [0.5, 0.6) is 0 Å². The molecule has 0 aliphatic rings. The number of carbonyl (C=O) groups excluding carboxylic acids is 2. The Morgan fingerprint density at radius 1 is 1.26 bits per heavy atom. The molecule has 6 nitrogen and oxygen atoms in total. The lowest BCUT2D eigenvalue weighted by molar-refractivity contribution is -0.162. The van der Waals surface area contributed by atoms with Crippen molar-refractivity contribution in [1.29, 1.82) is 0 Å². The zero-order valence-corrected chi connectivity index (χ0v) is 10.5. The van der Waals surface area contributed by atoms with E-state index >= 15 is 0 Å². The van der Waals surface area contributed by atoms with Gasteiger partial charge in [0.25, 0.3) is 0 Å². The summed E-state index contributed by atoms with van der Waals surface area (Å²) in [7, 11) is 0. The van der Waals surface area contributed by atoms with Crippen LogP contribution in [0, 0.1) is 0 Å². The normalized spacial score (nSPS) is 11.4. The molecule has 0 spiro atoms. The smallest absolute Gasteiger partial charge is 0.344 e. The molecule has 0 aromatic heterocycles. The van der Waals surface area contributed by atoms with Gasteiger partial charge in [0, 0.05) is 0 Å². The van der Waals surface area contributed by atoms with Crippen LogP contribution in [0.1, 0.15) is 12.5 Å². The Morgan fingerprint density at radius 2 is 1.89 bits per heavy atom. The Morgan fingerprint density at radius 3 is 2.47 bits per heavy atom. The minimum atomic E-state index is -1.23. The van der Waals surface area contributed by atoms with Gasteiger partial charge in [-0.2, -0.15) is 0 Å². The van der Waals surface area contributed by atoms with E-state index in [4.69, 9.17) is 5.11 Å². The molecule has 102 valence electrons. The van der Waals surface area contributed by atoms with E-state index in [1.807, 2.05) is 18.2 Å². The Kier molecular flexibility index (Phi) is 5.53. The third-order valence-electron chi connectivity index (χ3n) is 2.29. The standard InChI is InChI=1S/C13H15NO5/c1-9(13(17)18)19-12(16)8-14-11(15)7-10-5-3-2-4-6-10/h2-6,9H,7-8H2,1H3,(H,14,15)(H,17,18)/t9-/m1/s1. The maximum Gasteiger partial charge on any atom is 0.344 e. The molecule has 0 saturated heterocycles. The summed E-state index contributed by atoms with van der Waals surface area (Å²) in [5.41, 5.74) is 0.826. The van der Waals surface area contributed by atoms with Gasteiger partial charge in [-0.25, -0.2) is 4.79 Å². The highest BCUT2D eigenvalue weighted by atomic mass is 16.6. The van der Waals surface area contributed by atoms with Gasteiger partial charge in [-0.05, 0) is 12.5 Å². The van der Waals surface area contributed by atoms with E-state index in [2.05, 4.69) is 10.1 Å². The second kappa shape index (κ2) is 7.15. The number of rotatable bonds is 6. The number of carbonyl (C=O) groups is 3. The van der Waals surface area contributed by atoms with Crippen LogP contribution in [0.25, 0.3) is 0 Å². The van der Waals surface area contributed by atoms with E-state index in [0.717, 1.165) is 5.56 Å². The van der Waals surface area contributed by atoms with E-state index in [1.165, 1.54) is 6.92 Å². The molecule has 0 radical (unpaired) electrons. The second-order valence-electron chi connectivity index (χ2n) is 3.91. The lowest BCUT2D eigenvalue weighted by atomic mass is 10.1. The quantitative estimate of drug-likeness (QED) is 0.724. The van der Waals surface area contributed by atoms with Gasteiger partial charge in [0.2, 0.25) is 5.91 Å². The van der Waals surface area contributed by atoms with Gasteiger partial charge in [-0.1, -0.05) is 30.3 Å². The van der Waals surface area contributed by atoms with E-state index in [9.17, 15) is 14.4 Å². The fourth-order valence-corrected chi connectivity index (χ4v) is 1.30. The molecule has 19 heavy (non-hydrogen) atoms. The molecule has 2 N–H and O–H groups in total. The lowest BCUT2D eigenvalue weighted by Crippen LogP contribution is -2.34. The monoisotopic (exact) mass is 265 g/mol. The minimum Gasteiger partial charge on any atom is -0.479 e. The third-order valence-corrected chi connectivity index (χ3v) is 2.29. The lowest BCUT2D eigenvalue weighted by Gasteiger charge is -2.09. The third kappa shape index (κ3) is 5.67. The van der Waals surface area contributed by atoms with Crippen molar-refractivity contribution >= 4 is 17.8 Å². The summed E-state index contributed by atoms with van der Waals surface area (Å²) in [5, 5.41) is 10.9. The summed E-state index contributed by atoms with van der Waals surface area (Å²) < 4.78 is 4.56. The van der Waals surface area contributed by atoms with Crippen LogP contribution in [-0.4, -0.2) is 35.6 Å². The maximum absolute atomic E-state index is 11.5. The number of ether oxygens (including phenoxy) is 1. The van der Waals surface area contributed by atoms with Crippen LogP contribution in [0.4, 0.5) is 0 Å². The van der Waals surface area contributed by atoms with Gasteiger partial charge in [0.1, 0.15) is 6.54 Å². The number of hydrogen-bond acceptors (Lipinski definition) is 4. The molecule has 0 bridgehead atoms. The summed E-state index contributed by atoms with van der Waals surface area (Å²) in [6.07, 6.45) is -1.07. The van der Waals surface area contributed by atoms with Gasteiger partial charge in [0.15, 0.2) is 6.10 Å². The van der Waals surface area contributed by atoms with Gasteiger partial charge in [0.05, 0.1) is 6.42 Å². The topological polar surface area (TPSA) is 92.7 Å². The fourth-order valence-electron chi connectivity index (χ4n) is 1.30. The molecular formula is C13H15NO5. The van der Waals surface area contributed by atoms with Crippen LogP contribution < -0.4 is 5.32 Å². The van der Waals surface area contributed by atoms with E-state index in [-0.39, 0.29) is 18.9 Å². The van der Waals surface area contributed by atoms with Crippen LogP contribution in [0.2, 0.25) is 0 Å². The van der Waals surface area contributed by atoms with E-state index < -0.39 is 18.0 Å². The highest BCUT2D eigenvalue weighted by Gasteiger charge is 2.16. The number of nitrogens with one attached hydrogen (secondary N) is 1. The van der Waals surface area contributed by atoms with Crippen molar-refractivity contribution in [2.45, 2.75) is 19.4 Å². The summed E-state index contributed by atoms with van der Waals surface area (Å²) in [6.45, 7) is 0.898. The van der Waals surface area contributed by atoms with Gasteiger partial charge in [-0.15, -0.1) is 0 Å². The summed E-state index contributed by atoms with van der Waals surface area (Å²) in [4.78, 5) is 33.2. The molecule has 0 unspecified atom stereocenters.